The van der Waals surface area contributed by atoms with E-state index in [-0.39, 0.29) is 23.8 Å². The Labute approximate surface area is 180 Å². The number of aromatic nitrogens is 1. The van der Waals surface area contributed by atoms with Crippen molar-refractivity contribution in [2.24, 2.45) is 0 Å². The lowest BCUT2D eigenvalue weighted by Gasteiger charge is -2.17. The lowest BCUT2D eigenvalue weighted by molar-refractivity contribution is -0.385. The number of rotatable bonds is 7. The molecule has 0 aliphatic rings. The molecule has 30 heavy (non-hydrogen) atoms. The van der Waals surface area contributed by atoms with Crippen molar-refractivity contribution in [3.63, 3.8) is 0 Å². The Morgan fingerprint density at radius 2 is 1.97 bits per heavy atom. The van der Waals surface area contributed by atoms with E-state index in [1.54, 1.807) is 29.8 Å². The van der Waals surface area contributed by atoms with Crippen LogP contribution in [0.3, 0.4) is 0 Å². The molecule has 1 heterocycles. The van der Waals surface area contributed by atoms with Crippen LogP contribution in [0.15, 0.2) is 58.8 Å². The van der Waals surface area contributed by atoms with Gasteiger partial charge in [-0.1, -0.05) is 18.2 Å². The van der Waals surface area contributed by atoms with Crippen LogP contribution in [0.4, 0.5) is 16.5 Å². The molecule has 1 aromatic heterocycles. The number of benzene rings is 2. The first kappa shape index (κ1) is 21.5. The summed E-state index contributed by atoms with van der Waals surface area (Å²) in [4.78, 5) is 41.7. The van der Waals surface area contributed by atoms with Gasteiger partial charge in [0.2, 0.25) is 5.91 Å². The van der Waals surface area contributed by atoms with Crippen molar-refractivity contribution in [1.82, 2.24) is 4.98 Å². The Morgan fingerprint density at radius 3 is 2.60 bits per heavy atom. The maximum atomic E-state index is 12.5. The second-order valence-electron chi connectivity index (χ2n) is 6.03. The first-order chi connectivity index (χ1) is 14.4. The van der Waals surface area contributed by atoms with Crippen LogP contribution >= 0.6 is 23.1 Å². The zero-order chi connectivity index (χ0) is 21.7. The van der Waals surface area contributed by atoms with Gasteiger partial charge in [-0.15, -0.1) is 23.1 Å². The molecule has 0 saturated heterocycles. The van der Waals surface area contributed by atoms with Crippen LogP contribution in [0.25, 0.3) is 0 Å². The average Bonchev–Trinajstić information content (AvgIpc) is 3.20. The Balaban J connectivity index is 1.76. The number of carbonyl (C=O) groups is 2. The monoisotopic (exact) mass is 443 g/mol. The number of thiazole rings is 1. The number of para-hydroxylation sites is 1. The molecule has 0 radical (unpaired) electrons. The SMILES string of the molecule is CSc1ccc([N+](=O)[O-])c(C(=O)OCc2csc(N(C(C)=O)c3ccccc3)n2)c1. The lowest BCUT2D eigenvalue weighted by atomic mass is 10.2. The fourth-order valence-corrected chi connectivity index (χ4v) is 3.96. The predicted octanol–water partition coefficient (Wildman–Crippen LogP) is 4.81. The average molecular weight is 444 g/mol. The van der Waals surface area contributed by atoms with Gasteiger partial charge in [-0.05, 0) is 30.5 Å². The number of ether oxygens (including phenoxy) is 1. The summed E-state index contributed by atoms with van der Waals surface area (Å²) in [5, 5.41) is 13.3. The van der Waals surface area contributed by atoms with E-state index in [1.165, 1.54) is 47.1 Å². The Bertz CT molecular complexity index is 1090. The molecule has 0 bridgehead atoms. The number of thioether (sulfide) groups is 1. The minimum Gasteiger partial charge on any atom is -0.455 e. The minimum absolute atomic E-state index is 0.114. The van der Waals surface area contributed by atoms with Gasteiger partial charge in [0.1, 0.15) is 12.2 Å². The molecular weight excluding hydrogens is 426 g/mol. The second kappa shape index (κ2) is 9.51. The van der Waals surface area contributed by atoms with E-state index in [0.29, 0.717) is 21.4 Å². The normalized spacial score (nSPS) is 10.5. The molecule has 0 spiro atoms. The highest BCUT2D eigenvalue weighted by Gasteiger charge is 2.23. The lowest BCUT2D eigenvalue weighted by Crippen LogP contribution is -2.22. The van der Waals surface area contributed by atoms with Crippen LogP contribution in [0.2, 0.25) is 0 Å². The van der Waals surface area contributed by atoms with Crippen LogP contribution in [0, 0.1) is 10.1 Å². The van der Waals surface area contributed by atoms with E-state index in [1.807, 2.05) is 18.2 Å². The van der Waals surface area contributed by atoms with Crippen LogP contribution in [0.1, 0.15) is 23.0 Å². The Kier molecular flexibility index (Phi) is 6.80. The summed E-state index contributed by atoms with van der Waals surface area (Å²) in [5.74, 6) is -1.01. The molecule has 8 nitrogen and oxygen atoms in total. The highest BCUT2D eigenvalue weighted by Crippen LogP contribution is 2.29. The van der Waals surface area contributed by atoms with Gasteiger partial charge >= 0.3 is 5.97 Å². The quantitative estimate of drug-likeness (QED) is 0.223. The zero-order valence-electron chi connectivity index (χ0n) is 16.1. The number of anilines is 2. The standard InChI is InChI=1S/C20H17N3O5S2/c1-13(24)22(15-6-4-3-5-7-15)20-21-14(12-30-20)11-28-19(25)17-10-16(29-2)8-9-18(17)23(26)27/h3-10,12H,11H2,1-2H3. The fourth-order valence-electron chi connectivity index (χ4n) is 2.65. The van der Waals surface area contributed by atoms with Gasteiger partial charge < -0.3 is 4.74 Å². The maximum absolute atomic E-state index is 12.5. The summed E-state index contributed by atoms with van der Waals surface area (Å²) in [6, 6.07) is 13.4. The first-order valence-corrected chi connectivity index (χ1v) is 10.8. The third-order valence-electron chi connectivity index (χ3n) is 4.03. The van der Waals surface area contributed by atoms with Crippen LogP contribution in [0.5, 0.6) is 0 Å². The number of nitro benzene ring substituents is 1. The topological polar surface area (TPSA) is 103 Å². The van der Waals surface area contributed by atoms with Crippen LogP contribution in [-0.2, 0) is 16.1 Å². The number of nitrogens with zero attached hydrogens (tertiary/aromatic N) is 3. The van der Waals surface area contributed by atoms with Gasteiger partial charge in [0.25, 0.3) is 5.69 Å². The second-order valence-corrected chi connectivity index (χ2v) is 7.74. The molecule has 10 heteroatoms. The Hall–Kier alpha value is -3.24. The molecule has 0 N–H and O–H groups in total. The van der Waals surface area contributed by atoms with Crippen molar-refractivity contribution in [2.75, 3.05) is 11.2 Å². The van der Waals surface area contributed by atoms with Crippen molar-refractivity contribution in [2.45, 2.75) is 18.4 Å². The summed E-state index contributed by atoms with van der Waals surface area (Å²) in [7, 11) is 0. The molecule has 0 saturated carbocycles. The molecule has 0 aliphatic heterocycles. The number of esters is 1. The molecule has 0 atom stereocenters. The van der Waals surface area contributed by atoms with E-state index in [2.05, 4.69) is 4.98 Å². The molecule has 1 amide bonds. The molecular formula is C20H17N3O5S2. The molecule has 154 valence electrons. The van der Waals surface area contributed by atoms with E-state index in [9.17, 15) is 19.7 Å². The number of carbonyl (C=O) groups excluding carboxylic acids is 2. The summed E-state index contributed by atoms with van der Waals surface area (Å²) < 4.78 is 5.25. The van der Waals surface area contributed by atoms with Crippen LogP contribution < -0.4 is 4.90 Å². The molecule has 2 aromatic carbocycles. The van der Waals surface area contributed by atoms with Crippen molar-refractivity contribution in [3.8, 4) is 0 Å². The largest absolute Gasteiger partial charge is 0.455 e. The van der Waals surface area contributed by atoms with Gasteiger partial charge in [-0.3, -0.25) is 19.8 Å². The highest BCUT2D eigenvalue weighted by atomic mass is 32.2. The molecule has 0 unspecified atom stereocenters. The van der Waals surface area contributed by atoms with Gasteiger partial charge in [0.05, 0.1) is 16.3 Å². The Morgan fingerprint density at radius 1 is 1.23 bits per heavy atom. The van der Waals surface area contributed by atoms with E-state index in [0.717, 1.165) is 0 Å². The minimum atomic E-state index is -0.807. The van der Waals surface area contributed by atoms with Crippen LogP contribution in [-0.4, -0.2) is 28.0 Å². The summed E-state index contributed by atoms with van der Waals surface area (Å²) in [6.07, 6.45) is 1.81. The number of nitro groups is 1. The third kappa shape index (κ3) is 4.84. The zero-order valence-corrected chi connectivity index (χ0v) is 17.7. The van der Waals surface area contributed by atoms with Crippen molar-refractivity contribution >= 4 is 51.5 Å². The summed E-state index contributed by atoms with van der Waals surface area (Å²) >= 11 is 2.60. The molecule has 3 rings (SSSR count). The van der Waals surface area contributed by atoms with E-state index < -0.39 is 10.9 Å². The van der Waals surface area contributed by atoms with E-state index >= 15 is 0 Å². The number of amides is 1. The third-order valence-corrected chi connectivity index (χ3v) is 5.63. The molecule has 0 aliphatic carbocycles. The maximum Gasteiger partial charge on any atom is 0.345 e. The number of hydrogen-bond donors (Lipinski definition) is 0. The summed E-state index contributed by atoms with van der Waals surface area (Å²) in [5.41, 5.74) is 0.683. The predicted molar refractivity (Wildman–Crippen MR) is 115 cm³/mol. The van der Waals surface area contributed by atoms with Crippen molar-refractivity contribution in [3.05, 3.63) is 75.3 Å². The summed E-state index contributed by atoms with van der Waals surface area (Å²) in [6.45, 7) is 1.27. The highest BCUT2D eigenvalue weighted by molar-refractivity contribution is 7.98. The van der Waals surface area contributed by atoms with Crippen molar-refractivity contribution in [1.29, 1.82) is 0 Å². The number of hydrogen-bond acceptors (Lipinski definition) is 8. The molecule has 0 fully saturated rings. The molecule has 3 aromatic rings. The van der Waals surface area contributed by atoms with Crippen molar-refractivity contribution < 1.29 is 19.2 Å². The van der Waals surface area contributed by atoms with E-state index in [4.69, 9.17) is 4.74 Å². The first-order valence-electron chi connectivity index (χ1n) is 8.70. The van der Waals surface area contributed by atoms with Gasteiger partial charge in [-0.2, -0.15) is 0 Å². The van der Waals surface area contributed by atoms with Gasteiger partial charge in [0.15, 0.2) is 5.13 Å². The fraction of sp³-hybridized carbons (Fsp3) is 0.150. The van der Waals surface area contributed by atoms with Gasteiger partial charge in [-0.25, -0.2) is 9.78 Å². The van der Waals surface area contributed by atoms with Gasteiger partial charge in [0, 0.05) is 23.3 Å². The smallest absolute Gasteiger partial charge is 0.345 e.